The van der Waals surface area contributed by atoms with Gasteiger partial charge < -0.3 is 9.47 Å². The number of hydrogen-bond donors (Lipinski definition) is 0. The topological polar surface area (TPSA) is 35.5 Å². The Morgan fingerprint density at radius 2 is 2.12 bits per heavy atom. The minimum absolute atomic E-state index is 0.0634. The lowest BCUT2D eigenvalue weighted by Crippen LogP contribution is -2.45. The Morgan fingerprint density at radius 3 is 2.92 bits per heavy atom. The highest BCUT2D eigenvalue weighted by Crippen LogP contribution is 2.61. The molecule has 6 atom stereocenters. The van der Waals surface area contributed by atoms with Gasteiger partial charge in [-0.2, -0.15) is 0 Å². The van der Waals surface area contributed by atoms with E-state index in [2.05, 4.69) is 41.3 Å². The van der Waals surface area contributed by atoms with Crippen molar-refractivity contribution in [1.82, 2.24) is 0 Å². The lowest BCUT2D eigenvalue weighted by Gasteiger charge is -2.50. The molecule has 4 rings (SSSR count). The molecule has 4 unspecified atom stereocenters. The molecule has 0 amide bonds. The number of aryl methyl sites for hydroxylation is 2. The predicted octanol–water partition coefficient (Wildman–Crippen LogP) is 4.61. The van der Waals surface area contributed by atoms with Crippen molar-refractivity contribution < 1.29 is 14.3 Å². The van der Waals surface area contributed by atoms with E-state index in [9.17, 15) is 4.79 Å². The maximum absolute atomic E-state index is 12.1. The van der Waals surface area contributed by atoms with Gasteiger partial charge in [-0.1, -0.05) is 30.7 Å². The van der Waals surface area contributed by atoms with Crippen LogP contribution in [0.5, 0.6) is 0 Å². The van der Waals surface area contributed by atoms with Gasteiger partial charge in [0.05, 0.1) is 6.35 Å². The molecule has 0 bridgehead atoms. The fourth-order valence-electron chi connectivity index (χ4n) is 6.19. The third kappa shape index (κ3) is 3.12. The molecule has 1 aromatic rings. The van der Waals surface area contributed by atoms with Crippen LogP contribution in [0.4, 0.5) is 0 Å². The largest absolute Gasteiger partial charge is 0.460 e. The van der Waals surface area contributed by atoms with Gasteiger partial charge in [0.15, 0.2) is 0 Å². The molecule has 0 saturated heterocycles. The zero-order chi connectivity index (χ0) is 18.3. The van der Waals surface area contributed by atoms with E-state index in [1.54, 1.807) is 11.1 Å². The third-order valence-electron chi connectivity index (χ3n) is 7.41. The molecular formula is C22H31O3P. The normalized spacial score (nSPS) is 35.3. The fourth-order valence-corrected chi connectivity index (χ4v) is 6.31. The Hall–Kier alpha value is -0.920. The van der Waals surface area contributed by atoms with E-state index in [1.165, 1.54) is 31.2 Å². The molecule has 142 valence electrons. The first-order valence-corrected chi connectivity index (χ1v) is 10.9. The van der Waals surface area contributed by atoms with Crippen LogP contribution in [-0.4, -0.2) is 25.0 Å². The van der Waals surface area contributed by atoms with Gasteiger partial charge in [-0.15, -0.1) is 9.24 Å². The van der Waals surface area contributed by atoms with E-state index in [0.29, 0.717) is 18.2 Å². The first-order chi connectivity index (χ1) is 12.5. The first-order valence-electron chi connectivity index (χ1n) is 10.1. The van der Waals surface area contributed by atoms with Crippen LogP contribution < -0.4 is 0 Å². The molecule has 0 aromatic heterocycles. The van der Waals surface area contributed by atoms with Crippen molar-refractivity contribution >= 4 is 15.2 Å². The maximum Gasteiger partial charge on any atom is 0.332 e. The summed E-state index contributed by atoms with van der Waals surface area (Å²) in [4.78, 5) is 12.1. The lowest BCUT2D eigenvalue weighted by molar-refractivity contribution is -0.162. The standard InChI is InChI=1S/C22H31O3P/c1-14-3-5-16-15(11-14)4-6-18-17(16)9-10-22(2)19(18)7-8-20(22)25-21(23)12-24-13-26/h3,5,11,17-20H,4,6-10,12-13,26H2,1-2H3/t17?,18?,19?,20-,22-/m0/s1. The zero-order valence-electron chi connectivity index (χ0n) is 16.0. The molecule has 0 heterocycles. The summed E-state index contributed by atoms with van der Waals surface area (Å²) < 4.78 is 11.1. The summed E-state index contributed by atoms with van der Waals surface area (Å²) in [6.45, 7) is 4.64. The average Bonchev–Trinajstić information content (AvgIpc) is 2.96. The van der Waals surface area contributed by atoms with Gasteiger partial charge in [-0.3, -0.25) is 0 Å². The second-order valence-corrected chi connectivity index (χ2v) is 9.07. The van der Waals surface area contributed by atoms with Crippen LogP contribution in [0.15, 0.2) is 18.2 Å². The van der Waals surface area contributed by atoms with Gasteiger partial charge in [0.25, 0.3) is 0 Å². The van der Waals surface area contributed by atoms with Crippen LogP contribution in [0, 0.1) is 24.2 Å². The molecule has 3 aliphatic carbocycles. The van der Waals surface area contributed by atoms with Crippen LogP contribution in [0.3, 0.4) is 0 Å². The Kier molecular flexibility index (Phi) is 5.14. The molecule has 0 N–H and O–H groups in total. The van der Waals surface area contributed by atoms with Crippen molar-refractivity contribution in [3.8, 4) is 0 Å². The summed E-state index contributed by atoms with van der Waals surface area (Å²) >= 11 is 0. The van der Waals surface area contributed by atoms with Crippen molar-refractivity contribution in [2.75, 3.05) is 13.0 Å². The van der Waals surface area contributed by atoms with Crippen molar-refractivity contribution in [3.63, 3.8) is 0 Å². The first kappa shape index (κ1) is 18.4. The smallest absolute Gasteiger partial charge is 0.332 e. The Bertz CT molecular complexity index is 688. The number of esters is 1. The van der Waals surface area contributed by atoms with Crippen LogP contribution in [0.2, 0.25) is 0 Å². The van der Waals surface area contributed by atoms with Gasteiger partial charge in [0.1, 0.15) is 12.7 Å². The molecule has 0 aliphatic heterocycles. The summed E-state index contributed by atoms with van der Waals surface area (Å²) in [7, 11) is 2.47. The van der Waals surface area contributed by atoms with Crippen LogP contribution in [0.25, 0.3) is 0 Å². The highest BCUT2D eigenvalue weighted by atomic mass is 31.0. The highest BCUT2D eigenvalue weighted by Gasteiger charge is 2.56. The van der Waals surface area contributed by atoms with E-state index in [4.69, 9.17) is 9.47 Å². The van der Waals surface area contributed by atoms with Gasteiger partial charge in [-0.25, -0.2) is 4.79 Å². The Labute approximate surface area is 159 Å². The summed E-state index contributed by atoms with van der Waals surface area (Å²) in [5.41, 5.74) is 4.69. The second kappa shape index (κ2) is 7.24. The number of carbonyl (C=O) groups excluding carboxylic acids is 1. The number of fused-ring (bicyclic) bond motifs is 5. The minimum atomic E-state index is -0.203. The van der Waals surface area contributed by atoms with Crippen LogP contribution in [-0.2, 0) is 20.7 Å². The number of hydrogen-bond acceptors (Lipinski definition) is 3. The lowest BCUT2D eigenvalue weighted by atomic mass is 9.55. The molecule has 0 radical (unpaired) electrons. The van der Waals surface area contributed by atoms with Crippen molar-refractivity contribution in [1.29, 1.82) is 0 Å². The Morgan fingerprint density at radius 1 is 1.27 bits per heavy atom. The molecule has 0 spiro atoms. The SMILES string of the molecule is Cc1ccc2c(c1)CCC1C2CC[C@@]2(C)C1CC[C@@H]2OC(=O)COCP. The van der Waals surface area contributed by atoms with E-state index < -0.39 is 0 Å². The second-order valence-electron chi connectivity index (χ2n) is 8.73. The van der Waals surface area contributed by atoms with Crippen molar-refractivity contribution in [3.05, 3.63) is 34.9 Å². The van der Waals surface area contributed by atoms with E-state index in [-0.39, 0.29) is 24.1 Å². The molecule has 2 fully saturated rings. The summed E-state index contributed by atoms with van der Waals surface area (Å²) in [5, 5.41) is 0. The van der Waals surface area contributed by atoms with E-state index in [1.807, 2.05) is 0 Å². The number of ether oxygens (including phenoxy) is 2. The Balaban J connectivity index is 1.51. The van der Waals surface area contributed by atoms with Crippen LogP contribution >= 0.6 is 9.24 Å². The molecule has 26 heavy (non-hydrogen) atoms. The average molecular weight is 374 g/mol. The maximum atomic E-state index is 12.1. The monoisotopic (exact) mass is 374 g/mol. The number of benzene rings is 1. The van der Waals surface area contributed by atoms with E-state index >= 15 is 0 Å². The summed E-state index contributed by atoms with van der Waals surface area (Å²) in [6.07, 6.45) is 7.63. The van der Waals surface area contributed by atoms with Crippen LogP contribution in [0.1, 0.15) is 61.6 Å². The third-order valence-corrected chi connectivity index (χ3v) is 7.64. The molecule has 3 aliphatic rings. The zero-order valence-corrected chi connectivity index (χ0v) is 17.2. The molecule has 1 aromatic carbocycles. The predicted molar refractivity (Wildman–Crippen MR) is 106 cm³/mol. The van der Waals surface area contributed by atoms with Gasteiger partial charge in [0, 0.05) is 5.41 Å². The minimum Gasteiger partial charge on any atom is -0.460 e. The summed E-state index contributed by atoms with van der Waals surface area (Å²) in [6, 6.07) is 7.06. The fraction of sp³-hybridized carbons (Fsp3) is 0.682. The molecule has 3 nitrogen and oxygen atoms in total. The van der Waals surface area contributed by atoms with Gasteiger partial charge in [-0.05, 0) is 74.3 Å². The van der Waals surface area contributed by atoms with Crippen molar-refractivity contribution in [2.24, 2.45) is 17.3 Å². The number of carbonyl (C=O) groups is 1. The van der Waals surface area contributed by atoms with E-state index in [0.717, 1.165) is 18.8 Å². The highest BCUT2D eigenvalue weighted by molar-refractivity contribution is 7.16. The van der Waals surface area contributed by atoms with Gasteiger partial charge >= 0.3 is 5.97 Å². The van der Waals surface area contributed by atoms with Crippen molar-refractivity contribution in [2.45, 2.75) is 64.4 Å². The number of rotatable bonds is 4. The quantitative estimate of drug-likeness (QED) is 0.570. The van der Waals surface area contributed by atoms with Gasteiger partial charge in [0.2, 0.25) is 0 Å². The molecule has 2 saturated carbocycles. The summed E-state index contributed by atoms with van der Waals surface area (Å²) in [5.74, 6) is 1.92. The molecular weight excluding hydrogens is 343 g/mol. The molecule has 4 heteroatoms.